The summed E-state index contributed by atoms with van der Waals surface area (Å²) < 4.78 is 5.18. The minimum atomic E-state index is -1.47. The van der Waals surface area contributed by atoms with Gasteiger partial charge in [-0.3, -0.25) is 9.69 Å². The van der Waals surface area contributed by atoms with Crippen LogP contribution in [0.5, 0.6) is 5.75 Å². The topological polar surface area (TPSA) is 73.6 Å². The van der Waals surface area contributed by atoms with E-state index in [1.165, 1.54) is 16.7 Å². The van der Waals surface area contributed by atoms with Crippen molar-refractivity contribution in [3.63, 3.8) is 0 Å². The van der Waals surface area contributed by atoms with Crippen LogP contribution in [0.25, 0.3) is 0 Å². The third kappa shape index (κ3) is 2.88. The van der Waals surface area contributed by atoms with Gasteiger partial charge in [0.1, 0.15) is 5.75 Å². The molecule has 0 aliphatic carbocycles. The van der Waals surface area contributed by atoms with Crippen LogP contribution >= 0.6 is 11.8 Å². The zero-order chi connectivity index (χ0) is 19.9. The van der Waals surface area contributed by atoms with Crippen LogP contribution in [0.1, 0.15) is 29.0 Å². The SMILES string of the molecule is COc1ccc([C@@]2(O)CSC3=C(C#N)[C@@H](c4ccc(C)cc4)CC(=O)N32)cc1. The maximum Gasteiger partial charge on any atom is 0.231 e. The van der Waals surface area contributed by atoms with E-state index in [4.69, 9.17) is 4.74 Å². The zero-order valence-electron chi connectivity index (χ0n) is 15.7. The molecule has 0 spiro atoms. The number of benzene rings is 2. The van der Waals surface area contributed by atoms with Crippen LogP contribution in [0, 0.1) is 18.3 Å². The Bertz CT molecular complexity index is 992. The van der Waals surface area contributed by atoms with Crippen LogP contribution in [0.15, 0.2) is 59.1 Å². The second-order valence-corrected chi connectivity index (χ2v) is 8.03. The number of fused-ring (bicyclic) bond motifs is 1. The first kappa shape index (κ1) is 18.6. The standard InChI is InChI=1S/C22H20N2O3S/c1-14-3-5-15(6-4-14)18-11-20(25)24-21(19(18)12-23)28-13-22(24,26)16-7-9-17(27-2)10-8-16/h3-10,18,26H,11,13H2,1-2H3/t18-,22+/m1/s1. The minimum Gasteiger partial charge on any atom is -0.497 e. The number of rotatable bonds is 3. The number of hydrogen-bond donors (Lipinski definition) is 1. The number of aryl methyl sites for hydroxylation is 1. The van der Waals surface area contributed by atoms with E-state index >= 15 is 0 Å². The summed E-state index contributed by atoms with van der Waals surface area (Å²) in [6.07, 6.45) is 0.161. The maximum atomic E-state index is 13.1. The molecule has 142 valence electrons. The number of thioether (sulfide) groups is 1. The van der Waals surface area contributed by atoms with E-state index in [2.05, 4.69) is 6.07 Å². The van der Waals surface area contributed by atoms with Crippen LogP contribution in [-0.4, -0.2) is 28.8 Å². The lowest BCUT2D eigenvalue weighted by atomic mass is 9.85. The number of nitrogens with zero attached hydrogens (tertiary/aromatic N) is 2. The molecule has 0 bridgehead atoms. The highest BCUT2D eigenvalue weighted by atomic mass is 32.2. The van der Waals surface area contributed by atoms with Gasteiger partial charge in [0, 0.05) is 17.9 Å². The second kappa shape index (κ2) is 7.01. The second-order valence-electron chi connectivity index (χ2n) is 7.06. The third-order valence-corrected chi connectivity index (χ3v) is 6.57. The van der Waals surface area contributed by atoms with Crippen LogP contribution in [0.2, 0.25) is 0 Å². The van der Waals surface area contributed by atoms with Gasteiger partial charge in [0.15, 0.2) is 5.72 Å². The van der Waals surface area contributed by atoms with Crippen LogP contribution in [0.3, 0.4) is 0 Å². The van der Waals surface area contributed by atoms with E-state index in [-0.39, 0.29) is 24.0 Å². The smallest absolute Gasteiger partial charge is 0.231 e. The summed E-state index contributed by atoms with van der Waals surface area (Å²) in [4.78, 5) is 14.5. The Morgan fingerprint density at radius 3 is 2.50 bits per heavy atom. The monoisotopic (exact) mass is 392 g/mol. The van der Waals surface area contributed by atoms with Crippen molar-refractivity contribution in [3.05, 3.63) is 75.8 Å². The highest BCUT2D eigenvalue weighted by Crippen LogP contribution is 2.51. The van der Waals surface area contributed by atoms with Gasteiger partial charge in [-0.25, -0.2) is 0 Å². The molecular weight excluding hydrogens is 372 g/mol. The number of allylic oxidation sites excluding steroid dienone is 1. The van der Waals surface area contributed by atoms with E-state index in [1.54, 1.807) is 31.4 Å². The van der Waals surface area contributed by atoms with Crippen molar-refractivity contribution in [1.82, 2.24) is 4.90 Å². The third-order valence-electron chi connectivity index (χ3n) is 5.34. The molecule has 1 N–H and O–H groups in total. The molecule has 0 aromatic heterocycles. The fourth-order valence-electron chi connectivity index (χ4n) is 3.78. The van der Waals surface area contributed by atoms with Crippen molar-refractivity contribution < 1.29 is 14.6 Å². The molecule has 1 fully saturated rings. The summed E-state index contributed by atoms with van der Waals surface area (Å²) in [5, 5.41) is 21.8. The quantitative estimate of drug-likeness (QED) is 0.863. The average molecular weight is 392 g/mol. The van der Waals surface area contributed by atoms with Crippen molar-refractivity contribution >= 4 is 17.7 Å². The number of hydrogen-bond acceptors (Lipinski definition) is 5. The van der Waals surface area contributed by atoms with Gasteiger partial charge >= 0.3 is 0 Å². The number of carbonyl (C=O) groups is 1. The predicted octanol–water partition coefficient (Wildman–Crippen LogP) is 3.65. The van der Waals surface area contributed by atoms with Gasteiger partial charge in [-0.1, -0.05) is 42.0 Å². The fourth-order valence-corrected chi connectivity index (χ4v) is 5.14. The number of amides is 1. The average Bonchev–Trinajstić information content (AvgIpc) is 3.08. The van der Waals surface area contributed by atoms with Gasteiger partial charge in [0.05, 0.1) is 29.5 Å². The minimum absolute atomic E-state index is 0.161. The molecule has 0 unspecified atom stereocenters. The summed E-state index contributed by atoms with van der Waals surface area (Å²) >= 11 is 1.36. The number of ether oxygens (including phenoxy) is 1. The molecule has 0 radical (unpaired) electrons. The van der Waals surface area contributed by atoms with Gasteiger partial charge in [0.2, 0.25) is 5.91 Å². The molecule has 2 aliphatic rings. The molecule has 2 aromatic carbocycles. The summed E-state index contributed by atoms with van der Waals surface area (Å²) in [5.41, 5.74) is 1.75. The molecule has 2 aliphatic heterocycles. The molecule has 1 saturated heterocycles. The summed E-state index contributed by atoms with van der Waals surface area (Å²) in [5.74, 6) is 0.500. The molecule has 28 heavy (non-hydrogen) atoms. The molecule has 6 heteroatoms. The van der Waals surface area contributed by atoms with Crippen molar-refractivity contribution in [2.45, 2.75) is 25.0 Å². The Morgan fingerprint density at radius 2 is 1.89 bits per heavy atom. The highest BCUT2D eigenvalue weighted by Gasteiger charge is 2.51. The lowest BCUT2D eigenvalue weighted by Gasteiger charge is -2.38. The lowest BCUT2D eigenvalue weighted by molar-refractivity contribution is -0.149. The Kier molecular flexibility index (Phi) is 4.66. The Labute approximate surface area is 168 Å². The summed E-state index contributed by atoms with van der Waals surface area (Å²) in [7, 11) is 1.58. The van der Waals surface area contributed by atoms with E-state index in [0.717, 1.165) is 11.1 Å². The van der Waals surface area contributed by atoms with Gasteiger partial charge in [-0.15, -0.1) is 11.8 Å². The molecule has 2 atom stereocenters. The van der Waals surface area contributed by atoms with Gasteiger partial charge < -0.3 is 9.84 Å². The largest absolute Gasteiger partial charge is 0.497 e. The van der Waals surface area contributed by atoms with Gasteiger partial charge in [-0.05, 0) is 24.6 Å². The first-order valence-corrected chi connectivity index (χ1v) is 10.00. The molecule has 5 nitrogen and oxygen atoms in total. The number of nitriles is 1. The first-order valence-electron chi connectivity index (χ1n) is 9.01. The number of methoxy groups -OCH3 is 1. The van der Waals surface area contributed by atoms with Gasteiger partial charge in [0.25, 0.3) is 0 Å². The van der Waals surface area contributed by atoms with E-state index in [9.17, 15) is 15.2 Å². The normalized spacial score (nSPS) is 24.1. The molecule has 0 saturated carbocycles. The Hall–Kier alpha value is -2.75. The van der Waals surface area contributed by atoms with E-state index < -0.39 is 5.72 Å². The summed E-state index contributed by atoms with van der Waals surface area (Å²) in [6, 6.07) is 17.2. The van der Waals surface area contributed by atoms with Crippen molar-refractivity contribution in [2.75, 3.05) is 12.9 Å². The van der Waals surface area contributed by atoms with E-state index in [1.807, 2.05) is 31.2 Å². The lowest BCUT2D eigenvalue weighted by Crippen LogP contribution is -2.48. The molecule has 4 rings (SSSR count). The number of carbonyl (C=O) groups excluding carboxylic acids is 1. The molecule has 1 amide bonds. The van der Waals surface area contributed by atoms with E-state index in [0.29, 0.717) is 21.9 Å². The zero-order valence-corrected chi connectivity index (χ0v) is 16.5. The van der Waals surface area contributed by atoms with Crippen LogP contribution < -0.4 is 4.74 Å². The van der Waals surface area contributed by atoms with Crippen LogP contribution in [0.4, 0.5) is 0 Å². The van der Waals surface area contributed by atoms with Gasteiger partial charge in [-0.2, -0.15) is 5.26 Å². The number of aliphatic hydroxyl groups is 1. The summed E-state index contributed by atoms with van der Waals surface area (Å²) in [6.45, 7) is 2.00. The maximum absolute atomic E-state index is 13.1. The van der Waals surface area contributed by atoms with Crippen LogP contribution in [-0.2, 0) is 10.5 Å². The Balaban J connectivity index is 1.77. The molecular formula is C22H20N2O3S. The predicted molar refractivity (Wildman–Crippen MR) is 107 cm³/mol. The molecule has 2 heterocycles. The van der Waals surface area contributed by atoms with Crippen molar-refractivity contribution in [1.29, 1.82) is 5.26 Å². The Morgan fingerprint density at radius 1 is 1.21 bits per heavy atom. The fraction of sp³-hybridized carbons (Fsp3) is 0.273. The van der Waals surface area contributed by atoms with Crippen molar-refractivity contribution in [3.8, 4) is 11.8 Å². The highest BCUT2D eigenvalue weighted by molar-refractivity contribution is 8.03. The molecule has 2 aromatic rings. The van der Waals surface area contributed by atoms with Crippen molar-refractivity contribution in [2.24, 2.45) is 0 Å². The first-order chi connectivity index (χ1) is 13.5.